The summed E-state index contributed by atoms with van der Waals surface area (Å²) in [6.45, 7) is 0.0991. The zero-order valence-corrected chi connectivity index (χ0v) is 16.1. The topological polar surface area (TPSA) is 84.5 Å². The predicted octanol–water partition coefficient (Wildman–Crippen LogP) is 3.38. The van der Waals surface area contributed by atoms with Gasteiger partial charge in [0, 0.05) is 54.9 Å². The average Bonchev–Trinajstić information content (AvgIpc) is 3.28. The van der Waals surface area contributed by atoms with Gasteiger partial charge in [-0.1, -0.05) is 17.7 Å². The molecule has 1 unspecified atom stereocenters. The maximum absolute atomic E-state index is 13.7. The van der Waals surface area contributed by atoms with Crippen LogP contribution in [-0.2, 0) is 13.5 Å². The molecule has 6 nitrogen and oxygen atoms in total. The van der Waals surface area contributed by atoms with Crippen LogP contribution in [0.15, 0.2) is 54.3 Å². The molecule has 0 aliphatic carbocycles. The van der Waals surface area contributed by atoms with Crippen molar-refractivity contribution < 1.29 is 13.2 Å². The number of hydrogen-bond acceptors (Lipinski definition) is 4. The van der Waals surface area contributed by atoms with Crippen molar-refractivity contribution in [1.29, 1.82) is 0 Å². The molecule has 4 N–H and O–H groups in total. The fraction of sp³-hybridized carbons (Fsp3) is 0.263. The molecule has 0 fully saturated rings. The lowest BCUT2D eigenvalue weighted by Gasteiger charge is -2.35. The highest BCUT2D eigenvalue weighted by atomic mass is 35.5. The summed E-state index contributed by atoms with van der Waals surface area (Å²) in [7, 11) is 1.81. The second-order valence-corrected chi connectivity index (χ2v) is 7.47. The third-order valence-electron chi connectivity index (χ3n) is 4.92. The zero-order chi connectivity index (χ0) is 20.8. The lowest BCUT2D eigenvalue weighted by atomic mass is 9.93. The van der Waals surface area contributed by atoms with E-state index in [2.05, 4.69) is 20.4 Å². The minimum atomic E-state index is -4.69. The van der Waals surface area contributed by atoms with Crippen LogP contribution in [0.5, 0.6) is 0 Å². The fourth-order valence-electron chi connectivity index (χ4n) is 3.34. The number of halogens is 4. The maximum atomic E-state index is 13.7. The maximum Gasteiger partial charge on any atom is 0.429 e. The summed E-state index contributed by atoms with van der Waals surface area (Å²) in [5.74, 6) is 0. The molecule has 1 aliphatic heterocycles. The first kappa shape index (κ1) is 19.5. The van der Waals surface area contributed by atoms with Crippen LogP contribution in [0.25, 0.3) is 22.2 Å². The second-order valence-electron chi connectivity index (χ2n) is 6.91. The number of hydrogen-bond donors (Lipinski definition) is 3. The Hall–Kier alpha value is -2.78. The Morgan fingerprint density at radius 1 is 1.28 bits per heavy atom. The molecule has 3 aromatic rings. The fourth-order valence-corrected chi connectivity index (χ4v) is 3.52. The molecular formula is C19H18ClF3N6. The van der Waals surface area contributed by atoms with Crippen LogP contribution < -0.4 is 11.1 Å². The molecule has 0 spiro atoms. The van der Waals surface area contributed by atoms with Gasteiger partial charge in [0.1, 0.15) is 5.65 Å². The lowest BCUT2D eigenvalue weighted by molar-refractivity contribution is -0.158. The summed E-state index contributed by atoms with van der Waals surface area (Å²) in [6, 6.07) is 1.88. The van der Waals surface area contributed by atoms with E-state index in [1.54, 1.807) is 30.3 Å². The molecule has 3 aromatic heterocycles. The minimum Gasteiger partial charge on any atom is -0.362 e. The third-order valence-corrected chi connectivity index (χ3v) is 5.49. The summed E-state index contributed by atoms with van der Waals surface area (Å²) in [6.07, 6.45) is 4.80. The van der Waals surface area contributed by atoms with Gasteiger partial charge in [-0.15, -0.1) is 0 Å². The van der Waals surface area contributed by atoms with Gasteiger partial charge in [0.05, 0.1) is 6.20 Å². The molecule has 1 atom stereocenters. The number of alkyl halides is 4. The van der Waals surface area contributed by atoms with Crippen LogP contribution in [0.3, 0.4) is 0 Å². The number of fused-ring (bicyclic) bond motifs is 1. The van der Waals surface area contributed by atoms with Crippen molar-refractivity contribution >= 4 is 22.6 Å². The van der Waals surface area contributed by atoms with Crippen molar-refractivity contribution in [3.63, 3.8) is 0 Å². The molecule has 0 bridgehead atoms. The first-order valence-corrected chi connectivity index (χ1v) is 9.17. The normalized spacial score (nSPS) is 19.8. The van der Waals surface area contributed by atoms with Crippen LogP contribution in [0.2, 0.25) is 0 Å². The number of rotatable bonds is 4. The monoisotopic (exact) mass is 422 g/mol. The second kappa shape index (κ2) is 6.93. The van der Waals surface area contributed by atoms with E-state index < -0.39 is 11.2 Å². The molecule has 10 heteroatoms. The van der Waals surface area contributed by atoms with Crippen molar-refractivity contribution in [2.45, 2.75) is 17.6 Å². The molecule has 29 heavy (non-hydrogen) atoms. The lowest BCUT2D eigenvalue weighted by Crippen LogP contribution is -2.53. The number of pyridine rings is 1. The highest BCUT2D eigenvalue weighted by molar-refractivity contribution is 6.26. The largest absolute Gasteiger partial charge is 0.429 e. The van der Waals surface area contributed by atoms with Crippen LogP contribution >= 0.6 is 11.6 Å². The van der Waals surface area contributed by atoms with Gasteiger partial charge in [0.2, 0.25) is 5.00 Å². The van der Waals surface area contributed by atoms with Crippen LogP contribution in [0, 0.1) is 0 Å². The van der Waals surface area contributed by atoms with E-state index in [-0.39, 0.29) is 18.5 Å². The Balaban J connectivity index is 1.76. The summed E-state index contributed by atoms with van der Waals surface area (Å²) in [4.78, 5) is 4.70. The standard InChI is InChI=1S/C19H18ClF3N6/c1-29-10-14(9-28-29)12-4-16-13(8-26-17(16)25-7-12)3-15-2-11(5-24)6-27-18(15,20)19(21,22)23/h2,4,6-10,27H,3,5,24H2,1H3,(H,25,26). The summed E-state index contributed by atoms with van der Waals surface area (Å²) < 4.78 is 42.8. The first-order chi connectivity index (χ1) is 13.7. The molecule has 0 saturated carbocycles. The predicted molar refractivity (Wildman–Crippen MR) is 105 cm³/mol. The van der Waals surface area contributed by atoms with E-state index >= 15 is 0 Å². The Bertz CT molecular complexity index is 1130. The highest BCUT2D eigenvalue weighted by Gasteiger charge is 2.56. The van der Waals surface area contributed by atoms with Gasteiger partial charge in [-0.25, -0.2) is 4.98 Å². The molecule has 0 amide bonds. The summed E-state index contributed by atoms with van der Waals surface area (Å²) in [5, 5.41) is 7.14. The molecule has 0 aromatic carbocycles. The van der Waals surface area contributed by atoms with E-state index in [9.17, 15) is 13.2 Å². The molecule has 1 aliphatic rings. The van der Waals surface area contributed by atoms with Gasteiger partial charge >= 0.3 is 6.18 Å². The van der Waals surface area contributed by atoms with Crippen molar-refractivity contribution in [2.75, 3.05) is 6.54 Å². The van der Waals surface area contributed by atoms with Crippen molar-refractivity contribution in [3.8, 4) is 11.1 Å². The Labute approximate surface area is 169 Å². The van der Waals surface area contributed by atoms with E-state index in [0.717, 1.165) is 16.5 Å². The minimum absolute atomic E-state index is 0.0223. The summed E-state index contributed by atoms with van der Waals surface area (Å²) >= 11 is 6.01. The number of nitrogens with one attached hydrogen (secondary N) is 2. The van der Waals surface area contributed by atoms with E-state index in [0.29, 0.717) is 16.8 Å². The van der Waals surface area contributed by atoms with Crippen LogP contribution in [0.1, 0.15) is 5.56 Å². The number of dihydropyridines is 1. The quantitative estimate of drug-likeness (QED) is 0.444. The van der Waals surface area contributed by atoms with Gasteiger partial charge in [-0.2, -0.15) is 18.3 Å². The van der Waals surface area contributed by atoms with Crippen molar-refractivity contribution in [2.24, 2.45) is 12.8 Å². The number of aromatic amines is 1. The Kier molecular flexibility index (Phi) is 4.66. The summed E-state index contributed by atoms with van der Waals surface area (Å²) in [5.41, 5.74) is 9.04. The molecule has 0 radical (unpaired) electrons. The highest BCUT2D eigenvalue weighted by Crippen LogP contribution is 2.43. The molecule has 152 valence electrons. The van der Waals surface area contributed by atoms with Crippen molar-refractivity contribution in [3.05, 3.63) is 59.8 Å². The van der Waals surface area contributed by atoms with Gasteiger partial charge in [0.25, 0.3) is 0 Å². The average molecular weight is 423 g/mol. The molecule has 4 rings (SSSR count). The molecule has 4 heterocycles. The zero-order valence-electron chi connectivity index (χ0n) is 15.4. The third kappa shape index (κ3) is 3.40. The molecular weight excluding hydrogens is 405 g/mol. The SMILES string of the molecule is Cn1cc(-c2cnc3[nH]cc(CC4=CC(CN)=CNC4(Cl)C(F)(F)F)c3c2)cn1. The van der Waals surface area contributed by atoms with Crippen LogP contribution in [-0.4, -0.2) is 37.5 Å². The number of H-pyrrole nitrogens is 1. The Morgan fingerprint density at radius 3 is 2.72 bits per heavy atom. The van der Waals surface area contributed by atoms with Gasteiger partial charge in [-0.05, 0) is 29.2 Å². The van der Waals surface area contributed by atoms with E-state index in [1.165, 1.54) is 12.3 Å². The van der Waals surface area contributed by atoms with Gasteiger partial charge in [-0.3, -0.25) is 4.68 Å². The number of nitrogens with zero attached hydrogens (tertiary/aromatic N) is 3. The number of aryl methyl sites for hydroxylation is 1. The smallest absolute Gasteiger partial charge is 0.362 e. The number of aromatic nitrogens is 4. The molecule has 0 saturated heterocycles. The van der Waals surface area contributed by atoms with Gasteiger partial charge in [0.15, 0.2) is 0 Å². The van der Waals surface area contributed by atoms with Gasteiger partial charge < -0.3 is 16.0 Å². The van der Waals surface area contributed by atoms with Crippen molar-refractivity contribution in [1.82, 2.24) is 25.1 Å². The van der Waals surface area contributed by atoms with E-state index in [4.69, 9.17) is 17.3 Å². The van der Waals surface area contributed by atoms with Crippen LogP contribution in [0.4, 0.5) is 13.2 Å². The first-order valence-electron chi connectivity index (χ1n) is 8.80. The number of nitrogens with two attached hydrogens (primary N) is 1. The van der Waals surface area contributed by atoms with E-state index in [1.807, 2.05) is 12.3 Å². The Morgan fingerprint density at radius 2 is 2.07 bits per heavy atom.